The maximum absolute atomic E-state index is 13.2. The van der Waals surface area contributed by atoms with E-state index in [0.29, 0.717) is 6.61 Å². The number of nitrogens with one attached hydrogen (secondary N) is 1. The zero-order chi connectivity index (χ0) is 10.7. The van der Waals surface area contributed by atoms with E-state index in [0.717, 1.165) is 10.3 Å². The predicted octanol–water partition coefficient (Wildman–Crippen LogP) is 3.50. The number of H-pyrrole nitrogens is 1. The van der Waals surface area contributed by atoms with E-state index in [-0.39, 0.29) is 11.6 Å². The quantitative estimate of drug-likeness (QED) is 0.907. The van der Waals surface area contributed by atoms with Crippen molar-refractivity contribution in [3.63, 3.8) is 0 Å². The van der Waals surface area contributed by atoms with Crippen LogP contribution in [0.15, 0.2) is 41.0 Å². The fourth-order valence-corrected chi connectivity index (χ4v) is 1.60. The first-order valence-electron chi connectivity index (χ1n) is 4.46. The maximum atomic E-state index is 13.2. The molecule has 2 rings (SSSR count). The summed E-state index contributed by atoms with van der Waals surface area (Å²) in [5.41, 5.74) is 0.894. The molecule has 2 aromatic rings. The van der Waals surface area contributed by atoms with Crippen molar-refractivity contribution in [2.24, 2.45) is 0 Å². The van der Waals surface area contributed by atoms with Gasteiger partial charge in [0.15, 0.2) is 11.6 Å². The van der Waals surface area contributed by atoms with Crippen LogP contribution < -0.4 is 4.74 Å². The van der Waals surface area contributed by atoms with Crippen LogP contribution in [0.3, 0.4) is 0 Å². The van der Waals surface area contributed by atoms with Gasteiger partial charge in [-0.25, -0.2) is 4.39 Å². The molecule has 1 aromatic carbocycles. The Balaban J connectivity index is 2.02. The van der Waals surface area contributed by atoms with Crippen LogP contribution in [0, 0.1) is 5.82 Å². The van der Waals surface area contributed by atoms with Crippen molar-refractivity contribution in [1.29, 1.82) is 0 Å². The van der Waals surface area contributed by atoms with Crippen molar-refractivity contribution in [3.05, 3.63) is 52.5 Å². The highest BCUT2D eigenvalue weighted by Gasteiger charge is 2.02. The van der Waals surface area contributed by atoms with Gasteiger partial charge in [-0.2, -0.15) is 0 Å². The fourth-order valence-electron chi connectivity index (χ4n) is 1.21. The summed E-state index contributed by atoms with van der Waals surface area (Å²) in [4.78, 5) is 3.03. The average molecular weight is 270 g/mol. The summed E-state index contributed by atoms with van der Waals surface area (Å²) in [5.74, 6) is -0.0775. The summed E-state index contributed by atoms with van der Waals surface area (Å²) in [7, 11) is 0. The van der Waals surface area contributed by atoms with Crippen molar-refractivity contribution in [2.45, 2.75) is 6.61 Å². The first-order valence-corrected chi connectivity index (χ1v) is 5.26. The molecule has 0 bridgehead atoms. The normalized spacial score (nSPS) is 10.3. The summed E-state index contributed by atoms with van der Waals surface area (Å²) in [6.45, 7) is 0.326. The van der Waals surface area contributed by atoms with Crippen molar-refractivity contribution in [1.82, 2.24) is 4.98 Å². The lowest BCUT2D eigenvalue weighted by Gasteiger charge is -2.05. The van der Waals surface area contributed by atoms with Crippen molar-refractivity contribution in [3.8, 4) is 5.75 Å². The van der Waals surface area contributed by atoms with Gasteiger partial charge in [-0.05, 0) is 40.2 Å². The van der Waals surface area contributed by atoms with Crippen molar-refractivity contribution in [2.75, 3.05) is 0 Å². The summed E-state index contributed by atoms with van der Waals surface area (Å²) < 4.78 is 19.3. The molecule has 0 spiro atoms. The van der Waals surface area contributed by atoms with Crippen LogP contribution in [0.4, 0.5) is 4.39 Å². The fraction of sp³-hybridized carbons (Fsp3) is 0.0909. The molecule has 15 heavy (non-hydrogen) atoms. The van der Waals surface area contributed by atoms with E-state index in [1.165, 1.54) is 6.07 Å². The number of aromatic nitrogens is 1. The largest absolute Gasteiger partial charge is 0.484 e. The zero-order valence-electron chi connectivity index (χ0n) is 7.84. The van der Waals surface area contributed by atoms with Gasteiger partial charge in [0.2, 0.25) is 0 Å². The van der Waals surface area contributed by atoms with E-state index in [9.17, 15) is 4.39 Å². The number of rotatable bonds is 3. The Labute approximate surface area is 95.2 Å². The lowest BCUT2D eigenvalue weighted by molar-refractivity contribution is 0.286. The Morgan fingerprint density at radius 1 is 1.20 bits per heavy atom. The highest BCUT2D eigenvalue weighted by molar-refractivity contribution is 9.10. The molecule has 0 unspecified atom stereocenters. The SMILES string of the molecule is Fc1ccccc1OCc1ccc(Br)[nH]1. The van der Waals surface area contributed by atoms with E-state index < -0.39 is 0 Å². The maximum Gasteiger partial charge on any atom is 0.165 e. The van der Waals surface area contributed by atoms with Gasteiger partial charge in [0.05, 0.1) is 10.3 Å². The molecule has 1 heterocycles. The minimum Gasteiger partial charge on any atom is -0.484 e. The summed E-state index contributed by atoms with van der Waals surface area (Å²) in [5, 5.41) is 0. The molecule has 0 radical (unpaired) electrons. The molecule has 0 amide bonds. The first-order chi connectivity index (χ1) is 7.25. The summed E-state index contributed by atoms with van der Waals surface area (Å²) in [6, 6.07) is 10.1. The second-order valence-electron chi connectivity index (χ2n) is 3.05. The number of ether oxygens (including phenoxy) is 1. The zero-order valence-corrected chi connectivity index (χ0v) is 9.42. The lowest BCUT2D eigenvalue weighted by atomic mass is 10.3. The lowest BCUT2D eigenvalue weighted by Crippen LogP contribution is -1.97. The van der Waals surface area contributed by atoms with Gasteiger partial charge in [0.25, 0.3) is 0 Å². The minimum atomic E-state index is -0.344. The topological polar surface area (TPSA) is 25.0 Å². The molecule has 4 heteroatoms. The van der Waals surface area contributed by atoms with Crippen molar-refractivity contribution >= 4 is 15.9 Å². The second kappa shape index (κ2) is 4.49. The molecule has 0 atom stereocenters. The molecule has 2 nitrogen and oxygen atoms in total. The van der Waals surface area contributed by atoms with E-state index in [1.54, 1.807) is 18.2 Å². The van der Waals surface area contributed by atoms with E-state index in [4.69, 9.17) is 4.74 Å². The monoisotopic (exact) mass is 269 g/mol. The number of benzene rings is 1. The Kier molecular flexibility index (Phi) is 3.06. The Hall–Kier alpha value is -1.29. The highest BCUT2D eigenvalue weighted by Crippen LogP contribution is 2.17. The Bertz CT molecular complexity index is 455. The third-order valence-electron chi connectivity index (χ3n) is 1.93. The summed E-state index contributed by atoms with van der Waals surface area (Å²) in [6.07, 6.45) is 0. The minimum absolute atomic E-state index is 0.267. The molecule has 0 aliphatic heterocycles. The van der Waals surface area contributed by atoms with Crippen LogP contribution >= 0.6 is 15.9 Å². The molecule has 0 aliphatic rings. The van der Waals surface area contributed by atoms with Gasteiger partial charge in [0.1, 0.15) is 6.61 Å². The van der Waals surface area contributed by atoms with Crippen LogP contribution in [0.5, 0.6) is 5.75 Å². The Morgan fingerprint density at radius 2 is 2.00 bits per heavy atom. The molecule has 0 saturated heterocycles. The first kappa shape index (κ1) is 10.2. The van der Waals surface area contributed by atoms with E-state index in [1.807, 2.05) is 12.1 Å². The van der Waals surface area contributed by atoms with Gasteiger partial charge in [-0.1, -0.05) is 12.1 Å². The molecular formula is C11H9BrFNO. The second-order valence-corrected chi connectivity index (χ2v) is 3.90. The van der Waals surface area contributed by atoms with Crippen LogP contribution in [0.2, 0.25) is 0 Å². The predicted molar refractivity (Wildman–Crippen MR) is 59.2 cm³/mol. The average Bonchev–Trinajstić information content (AvgIpc) is 2.63. The van der Waals surface area contributed by atoms with Crippen LogP contribution in [-0.2, 0) is 6.61 Å². The number of hydrogen-bond donors (Lipinski definition) is 1. The van der Waals surface area contributed by atoms with E-state index >= 15 is 0 Å². The standard InChI is InChI=1S/C11H9BrFNO/c12-11-6-5-8(14-11)7-15-10-4-2-1-3-9(10)13/h1-6,14H,7H2. The highest BCUT2D eigenvalue weighted by atomic mass is 79.9. The van der Waals surface area contributed by atoms with Gasteiger partial charge in [-0.3, -0.25) is 0 Å². The van der Waals surface area contributed by atoms with Gasteiger partial charge < -0.3 is 9.72 Å². The van der Waals surface area contributed by atoms with Crippen LogP contribution in [0.25, 0.3) is 0 Å². The number of aromatic amines is 1. The number of halogens is 2. The third-order valence-corrected chi connectivity index (χ3v) is 2.39. The molecule has 1 aromatic heterocycles. The van der Waals surface area contributed by atoms with Crippen LogP contribution in [-0.4, -0.2) is 4.98 Å². The van der Waals surface area contributed by atoms with Gasteiger partial charge in [0, 0.05) is 0 Å². The Morgan fingerprint density at radius 3 is 2.67 bits per heavy atom. The van der Waals surface area contributed by atoms with Crippen molar-refractivity contribution < 1.29 is 9.13 Å². The molecule has 0 saturated carbocycles. The van der Waals surface area contributed by atoms with E-state index in [2.05, 4.69) is 20.9 Å². The number of para-hydroxylation sites is 1. The molecule has 0 aliphatic carbocycles. The van der Waals surface area contributed by atoms with Gasteiger partial charge in [-0.15, -0.1) is 0 Å². The third kappa shape index (κ3) is 2.59. The van der Waals surface area contributed by atoms with Gasteiger partial charge >= 0.3 is 0 Å². The number of hydrogen-bond acceptors (Lipinski definition) is 1. The molecular weight excluding hydrogens is 261 g/mol. The molecule has 0 fully saturated rings. The smallest absolute Gasteiger partial charge is 0.165 e. The molecule has 1 N–H and O–H groups in total. The summed E-state index contributed by atoms with van der Waals surface area (Å²) >= 11 is 3.29. The molecule has 78 valence electrons. The van der Waals surface area contributed by atoms with Crippen LogP contribution in [0.1, 0.15) is 5.69 Å².